The molecule has 0 aliphatic rings. The first-order valence-corrected chi connectivity index (χ1v) is 6.19. The zero-order chi connectivity index (χ0) is 12.7. The summed E-state index contributed by atoms with van der Waals surface area (Å²) < 4.78 is 0. The fraction of sp³-hybridized carbons (Fsp3) is 0.615. The van der Waals surface area contributed by atoms with Gasteiger partial charge in [0.15, 0.2) is 0 Å². The Morgan fingerprint density at radius 3 is 2.53 bits per heavy atom. The molecule has 17 heavy (non-hydrogen) atoms. The summed E-state index contributed by atoms with van der Waals surface area (Å²) in [6, 6.07) is 2.15. The van der Waals surface area contributed by atoms with Gasteiger partial charge in [0, 0.05) is 26.7 Å². The SMILES string of the molecule is CCCN(CCN(C)C)c1cncc(NC)c1. The predicted molar refractivity (Wildman–Crippen MR) is 74.8 cm³/mol. The van der Waals surface area contributed by atoms with Crippen molar-refractivity contribution in [3.63, 3.8) is 0 Å². The van der Waals surface area contributed by atoms with Crippen LogP contribution in [-0.4, -0.2) is 50.7 Å². The molecular weight excluding hydrogens is 212 g/mol. The van der Waals surface area contributed by atoms with Crippen molar-refractivity contribution in [1.82, 2.24) is 9.88 Å². The Bertz CT molecular complexity index is 325. The lowest BCUT2D eigenvalue weighted by Gasteiger charge is -2.26. The third kappa shape index (κ3) is 4.61. The highest BCUT2D eigenvalue weighted by atomic mass is 15.2. The summed E-state index contributed by atoms with van der Waals surface area (Å²) >= 11 is 0. The molecule has 1 rings (SSSR count). The van der Waals surface area contributed by atoms with Crippen LogP contribution in [0.5, 0.6) is 0 Å². The van der Waals surface area contributed by atoms with Crippen molar-refractivity contribution in [2.75, 3.05) is 51.0 Å². The van der Waals surface area contributed by atoms with E-state index >= 15 is 0 Å². The maximum atomic E-state index is 4.27. The van der Waals surface area contributed by atoms with E-state index in [1.54, 1.807) is 0 Å². The molecule has 0 amide bonds. The van der Waals surface area contributed by atoms with E-state index in [1.807, 2.05) is 19.4 Å². The van der Waals surface area contributed by atoms with Crippen LogP contribution in [0.1, 0.15) is 13.3 Å². The third-order valence-corrected chi connectivity index (χ3v) is 2.69. The normalized spacial score (nSPS) is 10.6. The van der Waals surface area contributed by atoms with E-state index in [4.69, 9.17) is 0 Å². The van der Waals surface area contributed by atoms with Crippen molar-refractivity contribution in [2.45, 2.75) is 13.3 Å². The average Bonchev–Trinajstić information content (AvgIpc) is 2.34. The summed E-state index contributed by atoms with van der Waals surface area (Å²) in [5.74, 6) is 0. The van der Waals surface area contributed by atoms with Gasteiger partial charge in [-0.25, -0.2) is 0 Å². The Balaban J connectivity index is 2.73. The number of hydrogen-bond donors (Lipinski definition) is 1. The minimum atomic E-state index is 1.04. The van der Waals surface area contributed by atoms with Gasteiger partial charge >= 0.3 is 0 Å². The first-order valence-electron chi connectivity index (χ1n) is 6.19. The fourth-order valence-electron chi connectivity index (χ4n) is 1.70. The molecule has 0 spiro atoms. The van der Waals surface area contributed by atoms with Crippen molar-refractivity contribution in [3.05, 3.63) is 18.5 Å². The Kier molecular flexibility index (Phi) is 5.77. The second-order valence-electron chi connectivity index (χ2n) is 4.47. The molecule has 1 N–H and O–H groups in total. The maximum Gasteiger partial charge on any atom is 0.0573 e. The predicted octanol–water partition coefficient (Wildman–Crippen LogP) is 1.90. The summed E-state index contributed by atoms with van der Waals surface area (Å²) in [4.78, 5) is 8.86. The summed E-state index contributed by atoms with van der Waals surface area (Å²) in [6.45, 7) is 5.38. The second kappa shape index (κ2) is 7.12. The van der Waals surface area contributed by atoms with Gasteiger partial charge in [0.2, 0.25) is 0 Å². The second-order valence-corrected chi connectivity index (χ2v) is 4.47. The van der Waals surface area contributed by atoms with Crippen molar-refractivity contribution >= 4 is 11.4 Å². The van der Waals surface area contributed by atoms with Crippen LogP contribution < -0.4 is 10.2 Å². The van der Waals surface area contributed by atoms with Crippen LogP contribution >= 0.6 is 0 Å². The molecule has 0 aliphatic carbocycles. The van der Waals surface area contributed by atoms with Gasteiger partial charge < -0.3 is 15.1 Å². The Hall–Kier alpha value is -1.29. The summed E-state index contributed by atoms with van der Waals surface area (Å²) in [7, 11) is 6.13. The first kappa shape index (κ1) is 13.8. The molecule has 1 aromatic heterocycles. The highest BCUT2D eigenvalue weighted by molar-refractivity contribution is 5.55. The van der Waals surface area contributed by atoms with Gasteiger partial charge in [-0.2, -0.15) is 0 Å². The lowest BCUT2D eigenvalue weighted by Crippen LogP contribution is -2.32. The highest BCUT2D eigenvalue weighted by Crippen LogP contribution is 2.17. The van der Waals surface area contributed by atoms with Crippen LogP contribution in [0, 0.1) is 0 Å². The smallest absolute Gasteiger partial charge is 0.0573 e. The number of anilines is 2. The topological polar surface area (TPSA) is 31.4 Å². The number of rotatable bonds is 7. The Labute approximate surface area is 105 Å². The molecule has 0 atom stereocenters. The van der Waals surface area contributed by atoms with E-state index in [1.165, 1.54) is 5.69 Å². The standard InChI is InChI=1S/C13H24N4/c1-5-6-17(8-7-16(3)4)13-9-12(14-2)10-15-11-13/h9-11,14H,5-8H2,1-4H3. The molecular formula is C13H24N4. The van der Waals surface area contributed by atoms with E-state index in [0.717, 1.165) is 31.7 Å². The molecule has 0 bridgehead atoms. The fourth-order valence-corrected chi connectivity index (χ4v) is 1.70. The minimum absolute atomic E-state index is 1.04. The number of aromatic nitrogens is 1. The minimum Gasteiger partial charge on any atom is -0.387 e. The van der Waals surface area contributed by atoms with E-state index in [0.29, 0.717) is 0 Å². The van der Waals surface area contributed by atoms with Crippen molar-refractivity contribution in [2.24, 2.45) is 0 Å². The number of likely N-dealkylation sites (N-methyl/N-ethyl adjacent to an activating group) is 1. The van der Waals surface area contributed by atoms with Crippen molar-refractivity contribution in [1.29, 1.82) is 0 Å². The summed E-state index contributed by atoms with van der Waals surface area (Å²) in [6.07, 6.45) is 4.93. The number of nitrogens with one attached hydrogen (secondary N) is 1. The highest BCUT2D eigenvalue weighted by Gasteiger charge is 2.06. The van der Waals surface area contributed by atoms with Gasteiger partial charge in [0.25, 0.3) is 0 Å². The zero-order valence-electron chi connectivity index (χ0n) is 11.4. The zero-order valence-corrected chi connectivity index (χ0v) is 11.4. The molecule has 96 valence electrons. The van der Waals surface area contributed by atoms with E-state index in [9.17, 15) is 0 Å². The molecule has 0 unspecified atom stereocenters. The van der Waals surface area contributed by atoms with Gasteiger partial charge in [-0.1, -0.05) is 6.92 Å². The molecule has 0 aromatic carbocycles. The van der Waals surface area contributed by atoms with Gasteiger partial charge in [-0.3, -0.25) is 4.98 Å². The third-order valence-electron chi connectivity index (χ3n) is 2.69. The first-order chi connectivity index (χ1) is 8.17. The largest absolute Gasteiger partial charge is 0.387 e. The molecule has 1 heterocycles. The van der Waals surface area contributed by atoms with Gasteiger partial charge in [0.05, 0.1) is 23.8 Å². The monoisotopic (exact) mass is 236 g/mol. The number of hydrogen-bond acceptors (Lipinski definition) is 4. The number of nitrogens with zero attached hydrogens (tertiary/aromatic N) is 3. The lowest BCUT2D eigenvalue weighted by molar-refractivity contribution is 0.413. The van der Waals surface area contributed by atoms with Gasteiger partial charge in [-0.15, -0.1) is 0 Å². The van der Waals surface area contributed by atoms with Crippen molar-refractivity contribution < 1.29 is 0 Å². The summed E-state index contributed by atoms with van der Waals surface area (Å²) in [5.41, 5.74) is 2.26. The van der Waals surface area contributed by atoms with E-state index in [2.05, 4.69) is 47.2 Å². The van der Waals surface area contributed by atoms with Crippen LogP contribution in [-0.2, 0) is 0 Å². The lowest BCUT2D eigenvalue weighted by atomic mass is 10.3. The van der Waals surface area contributed by atoms with Crippen LogP contribution in [0.15, 0.2) is 18.5 Å². The molecule has 0 saturated heterocycles. The molecule has 0 aliphatic heterocycles. The van der Waals surface area contributed by atoms with Gasteiger partial charge in [0.1, 0.15) is 0 Å². The van der Waals surface area contributed by atoms with Crippen molar-refractivity contribution in [3.8, 4) is 0 Å². The van der Waals surface area contributed by atoms with Crippen LogP contribution in [0.2, 0.25) is 0 Å². The molecule has 0 radical (unpaired) electrons. The molecule has 4 nitrogen and oxygen atoms in total. The van der Waals surface area contributed by atoms with Crippen LogP contribution in [0.4, 0.5) is 11.4 Å². The molecule has 4 heteroatoms. The molecule has 0 saturated carbocycles. The summed E-state index contributed by atoms with van der Waals surface area (Å²) in [5, 5.41) is 3.13. The Morgan fingerprint density at radius 2 is 1.94 bits per heavy atom. The van der Waals surface area contributed by atoms with Crippen LogP contribution in [0.25, 0.3) is 0 Å². The quantitative estimate of drug-likeness (QED) is 0.783. The van der Waals surface area contributed by atoms with E-state index in [-0.39, 0.29) is 0 Å². The average molecular weight is 236 g/mol. The van der Waals surface area contributed by atoms with E-state index < -0.39 is 0 Å². The van der Waals surface area contributed by atoms with Crippen LogP contribution in [0.3, 0.4) is 0 Å². The molecule has 0 fully saturated rings. The van der Waals surface area contributed by atoms with Gasteiger partial charge in [-0.05, 0) is 26.6 Å². The maximum absolute atomic E-state index is 4.27. The molecule has 1 aromatic rings. The number of pyridine rings is 1. The Morgan fingerprint density at radius 1 is 1.18 bits per heavy atom.